The topological polar surface area (TPSA) is 92.1 Å². The molecule has 3 rings (SSSR count). The Bertz CT molecular complexity index is 1020. The average molecular weight is 516 g/mol. The number of piperidine rings is 1. The van der Waals surface area contributed by atoms with Crippen LogP contribution in [0.15, 0.2) is 18.2 Å². The molecule has 1 saturated heterocycles. The lowest BCUT2D eigenvalue weighted by Crippen LogP contribution is -2.55. The van der Waals surface area contributed by atoms with E-state index < -0.39 is 13.9 Å². The van der Waals surface area contributed by atoms with Crippen molar-refractivity contribution in [3.8, 4) is 11.8 Å². The first kappa shape index (κ1) is 28.0. The number of benzene rings is 1. The first-order valence-corrected chi connectivity index (χ1v) is 15.7. The highest BCUT2D eigenvalue weighted by Gasteiger charge is 2.42. The standard InChI is InChI=1S/C27H41N3O5Si/c1-26(2,3)34-25(32)30-17-21(35-36(7,8)27(4,5)6)11-10-20(30)13-14-29-22-15-19(16-28)9-12-23(22)33-18-24(29)31/h9,12,15,20-21H,10-11,13-14,17-18H2,1-8H3/t20-,21-/m1/s1. The second-order valence-electron chi connectivity index (χ2n) is 12.3. The Morgan fingerprint density at radius 1 is 1.19 bits per heavy atom. The maximum atomic E-state index is 13.3. The molecule has 1 fully saturated rings. The van der Waals surface area contributed by atoms with Gasteiger partial charge in [0, 0.05) is 19.1 Å². The highest BCUT2D eigenvalue weighted by atomic mass is 28.4. The lowest BCUT2D eigenvalue weighted by atomic mass is 9.97. The summed E-state index contributed by atoms with van der Waals surface area (Å²) in [7, 11) is -2.00. The van der Waals surface area contributed by atoms with Crippen molar-refractivity contribution < 1.29 is 23.5 Å². The Labute approximate surface area is 216 Å². The maximum Gasteiger partial charge on any atom is 0.410 e. The van der Waals surface area contributed by atoms with Gasteiger partial charge in [-0.05, 0) is 76.4 Å². The van der Waals surface area contributed by atoms with Gasteiger partial charge in [0.05, 0.1) is 23.4 Å². The van der Waals surface area contributed by atoms with Crippen molar-refractivity contribution in [2.45, 2.75) is 96.7 Å². The highest BCUT2D eigenvalue weighted by molar-refractivity contribution is 6.74. The molecule has 1 aromatic carbocycles. The molecule has 9 heteroatoms. The fourth-order valence-electron chi connectivity index (χ4n) is 4.32. The molecular weight excluding hydrogens is 474 g/mol. The summed E-state index contributed by atoms with van der Waals surface area (Å²) in [5.41, 5.74) is 0.460. The smallest absolute Gasteiger partial charge is 0.410 e. The van der Waals surface area contributed by atoms with Gasteiger partial charge in [0.1, 0.15) is 11.4 Å². The van der Waals surface area contributed by atoms with Crippen molar-refractivity contribution in [3.63, 3.8) is 0 Å². The molecule has 2 atom stereocenters. The van der Waals surface area contributed by atoms with Gasteiger partial charge < -0.3 is 23.7 Å². The number of ether oxygens (including phenoxy) is 2. The number of anilines is 1. The van der Waals surface area contributed by atoms with E-state index in [4.69, 9.17) is 13.9 Å². The predicted molar refractivity (Wildman–Crippen MR) is 142 cm³/mol. The SMILES string of the molecule is CC(C)(C)OC(=O)N1C[C@H](O[Si](C)(C)C(C)(C)C)CC[C@@H]1CCN1C(=O)COc2ccc(C#N)cc21. The Kier molecular flexibility index (Phi) is 8.11. The Morgan fingerprint density at radius 2 is 1.89 bits per heavy atom. The lowest BCUT2D eigenvalue weighted by Gasteiger charge is -2.45. The van der Waals surface area contributed by atoms with Crippen LogP contribution in [0.3, 0.4) is 0 Å². The lowest BCUT2D eigenvalue weighted by molar-refractivity contribution is -0.121. The van der Waals surface area contributed by atoms with Crippen LogP contribution in [0.25, 0.3) is 0 Å². The molecule has 0 saturated carbocycles. The molecule has 36 heavy (non-hydrogen) atoms. The number of rotatable bonds is 5. The van der Waals surface area contributed by atoms with Crippen molar-refractivity contribution in [2.75, 3.05) is 24.6 Å². The van der Waals surface area contributed by atoms with Gasteiger partial charge >= 0.3 is 6.09 Å². The number of nitrogens with zero attached hydrogens (tertiary/aromatic N) is 3. The summed E-state index contributed by atoms with van der Waals surface area (Å²) in [6.45, 7) is 17.5. The third kappa shape index (κ3) is 6.59. The fourth-order valence-corrected chi connectivity index (χ4v) is 5.70. The molecule has 0 spiro atoms. The van der Waals surface area contributed by atoms with Crippen LogP contribution in [-0.2, 0) is 14.0 Å². The molecule has 2 aliphatic rings. The first-order chi connectivity index (χ1) is 16.6. The molecule has 2 amide bonds. The first-order valence-electron chi connectivity index (χ1n) is 12.8. The molecule has 198 valence electrons. The molecule has 0 aromatic heterocycles. The van der Waals surface area contributed by atoms with Crippen molar-refractivity contribution in [1.29, 1.82) is 5.26 Å². The van der Waals surface area contributed by atoms with Crippen LogP contribution < -0.4 is 9.64 Å². The van der Waals surface area contributed by atoms with E-state index >= 15 is 0 Å². The van der Waals surface area contributed by atoms with Gasteiger partial charge in [0.15, 0.2) is 14.9 Å². The van der Waals surface area contributed by atoms with Gasteiger partial charge in [-0.2, -0.15) is 5.26 Å². The van der Waals surface area contributed by atoms with Gasteiger partial charge in [-0.15, -0.1) is 0 Å². The number of carbonyl (C=O) groups excluding carboxylic acids is 2. The Balaban J connectivity index is 1.78. The molecule has 2 heterocycles. The fraction of sp³-hybridized carbons (Fsp3) is 0.667. The minimum atomic E-state index is -2.00. The zero-order chi connectivity index (χ0) is 26.9. The second kappa shape index (κ2) is 10.4. The quantitative estimate of drug-likeness (QED) is 0.483. The van der Waals surface area contributed by atoms with Crippen LogP contribution in [0.2, 0.25) is 18.1 Å². The number of hydrogen-bond acceptors (Lipinski definition) is 6. The van der Waals surface area contributed by atoms with E-state index in [9.17, 15) is 14.9 Å². The predicted octanol–water partition coefficient (Wildman–Crippen LogP) is 5.46. The highest BCUT2D eigenvalue weighted by Crippen LogP contribution is 2.39. The molecule has 2 aliphatic heterocycles. The van der Waals surface area contributed by atoms with Crippen molar-refractivity contribution in [2.24, 2.45) is 0 Å². The van der Waals surface area contributed by atoms with E-state index in [1.165, 1.54) is 0 Å². The summed E-state index contributed by atoms with van der Waals surface area (Å²) in [6.07, 6.45) is 1.81. The van der Waals surface area contributed by atoms with Crippen molar-refractivity contribution in [1.82, 2.24) is 4.90 Å². The molecule has 0 radical (unpaired) electrons. The largest absolute Gasteiger partial charge is 0.482 e. The van der Waals surface area contributed by atoms with Gasteiger partial charge in [-0.25, -0.2) is 4.79 Å². The molecule has 0 unspecified atom stereocenters. The second-order valence-corrected chi connectivity index (χ2v) is 17.0. The summed E-state index contributed by atoms with van der Waals surface area (Å²) >= 11 is 0. The van der Waals surface area contributed by atoms with Gasteiger partial charge in [-0.3, -0.25) is 4.79 Å². The van der Waals surface area contributed by atoms with Gasteiger partial charge in [-0.1, -0.05) is 20.8 Å². The minimum Gasteiger partial charge on any atom is -0.482 e. The summed E-state index contributed by atoms with van der Waals surface area (Å²) in [5, 5.41) is 9.38. The number of likely N-dealkylation sites (tertiary alicyclic amines) is 1. The van der Waals surface area contributed by atoms with E-state index in [-0.39, 0.29) is 35.8 Å². The van der Waals surface area contributed by atoms with E-state index in [1.54, 1.807) is 28.0 Å². The van der Waals surface area contributed by atoms with E-state index in [1.807, 2.05) is 20.8 Å². The number of carbonyl (C=O) groups is 2. The maximum absolute atomic E-state index is 13.3. The zero-order valence-corrected chi connectivity index (χ0v) is 24.0. The van der Waals surface area contributed by atoms with Crippen LogP contribution in [-0.4, -0.2) is 62.7 Å². The number of fused-ring (bicyclic) bond motifs is 1. The Morgan fingerprint density at radius 3 is 2.50 bits per heavy atom. The monoisotopic (exact) mass is 515 g/mol. The van der Waals surface area contributed by atoms with Crippen LogP contribution in [0.1, 0.15) is 66.4 Å². The number of nitriles is 1. The van der Waals surface area contributed by atoms with Gasteiger partial charge in [0.2, 0.25) is 0 Å². The molecule has 8 nitrogen and oxygen atoms in total. The normalized spacial score (nSPS) is 20.9. The summed E-state index contributed by atoms with van der Waals surface area (Å²) in [5.74, 6) is 0.431. The van der Waals surface area contributed by atoms with E-state index in [0.29, 0.717) is 36.5 Å². The van der Waals surface area contributed by atoms with Crippen molar-refractivity contribution >= 4 is 26.0 Å². The zero-order valence-electron chi connectivity index (χ0n) is 23.0. The summed E-state index contributed by atoms with van der Waals surface area (Å²) < 4.78 is 18.0. The molecule has 0 N–H and O–H groups in total. The number of amides is 2. The van der Waals surface area contributed by atoms with Gasteiger partial charge in [0.25, 0.3) is 5.91 Å². The minimum absolute atomic E-state index is 0.0399. The summed E-state index contributed by atoms with van der Waals surface area (Å²) in [4.78, 5) is 29.5. The number of hydrogen-bond donors (Lipinski definition) is 0. The van der Waals surface area contributed by atoms with E-state index in [2.05, 4.69) is 39.9 Å². The molecule has 0 aliphatic carbocycles. The third-order valence-corrected chi connectivity index (χ3v) is 11.8. The molecule has 1 aromatic rings. The molecule has 0 bridgehead atoms. The van der Waals surface area contributed by atoms with Crippen LogP contribution in [0.4, 0.5) is 10.5 Å². The van der Waals surface area contributed by atoms with E-state index in [0.717, 1.165) is 12.8 Å². The van der Waals surface area contributed by atoms with Crippen LogP contribution in [0.5, 0.6) is 5.75 Å². The average Bonchev–Trinajstić information content (AvgIpc) is 2.76. The third-order valence-electron chi connectivity index (χ3n) is 7.28. The van der Waals surface area contributed by atoms with Crippen LogP contribution >= 0.6 is 0 Å². The van der Waals surface area contributed by atoms with Crippen molar-refractivity contribution in [3.05, 3.63) is 23.8 Å². The Hall–Kier alpha value is -2.57. The summed E-state index contributed by atoms with van der Waals surface area (Å²) in [6, 6.07) is 7.13. The van der Waals surface area contributed by atoms with Crippen LogP contribution in [0, 0.1) is 11.3 Å². The molecular formula is C27H41N3O5Si.